The molecule has 0 fully saturated rings. The van der Waals surface area contributed by atoms with Crippen molar-refractivity contribution in [2.45, 2.75) is 20.0 Å². The number of ketones is 1. The molecule has 0 amide bonds. The lowest BCUT2D eigenvalue weighted by molar-refractivity contribution is -0.0000123. The van der Waals surface area contributed by atoms with Crippen molar-refractivity contribution in [3.8, 4) is 0 Å². The largest absolute Gasteiger partial charge is 1.00 e. The molecule has 6 heteroatoms. The van der Waals surface area contributed by atoms with Crippen LogP contribution in [-0.4, -0.2) is 14.9 Å². The number of hydrogen-bond donors (Lipinski definition) is 1. The van der Waals surface area contributed by atoms with Crippen molar-refractivity contribution in [1.29, 1.82) is 5.41 Å². The molecule has 5 nitrogen and oxygen atoms in total. The van der Waals surface area contributed by atoms with Gasteiger partial charge in [-0.15, -0.1) is 0 Å². The van der Waals surface area contributed by atoms with E-state index in [-0.39, 0.29) is 29.3 Å². The Morgan fingerprint density at radius 1 is 1.14 bits per heavy atom. The van der Waals surface area contributed by atoms with Gasteiger partial charge in [0.05, 0.1) is 23.8 Å². The average Bonchev–Trinajstić information content (AvgIpc) is 3.07. The number of nitrogens with one attached hydrogen (secondary N) is 1. The van der Waals surface area contributed by atoms with E-state index in [0.717, 1.165) is 11.0 Å². The van der Waals surface area contributed by atoms with Crippen LogP contribution in [0.15, 0.2) is 47.1 Å². The molecule has 1 aromatic carbocycles. The zero-order chi connectivity index (χ0) is 14.1. The zero-order valence-corrected chi connectivity index (χ0v) is 13.1. The summed E-state index contributed by atoms with van der Waals surface area (Å²) in [7, 11) is 0. The van der Waals surface area contributed by atoms with Crippen molar-refractivity contribution in [1.82, 2.24) is 9.13 Å². The predicted molar refractivity (Wildman–Crippen MR) is 74.5 cm³/mol. The first-order valence-corrected chi connectivity index (χ1v) is 6.51. The first-order chi connectivity index (χ1) is 9.72. The summed E-state index contributed by atoms with van der Waals surface area (Å²) in [5, 5.41) is 8.24. The van der Waals surface area contributed by atoms with Gasteiger partial charge in [-0.05, 0) is 31.2 Å². The maximum atomic E-state index is 12.2. The molecule has 3 aromatic rings. The molecular weight excluding hydrogens is 334 g/mol. The van der Waals surface area contributed by atoms with Gasteiger partial charge in [-0.1, -0.05) is 12.1 Å². The average molecular weight is 349 g/mol. The maximum absolute atomic E-state index is 12.2. The number of rotatable bonds is 4. The fraction of sp³-hybridized carbons (Fsp3) is 0.200. The van der Waals surface area contributed by atoms with E-state index in [1.54, 1.807) is 16.7 Å². The fourth-order valence-electron chi connectivity index (χ4n) is 2.43. The highest BCUT2D eigenvalue weighted by atomic mass is 79.9. The second kappa shape index (κ2) is 6.13. The van der Waals surface area contributed by atoms with Gasteiger partial charge in [0.1, 0.15) is 0 Å². The molecule has 110 valence electrons. The summed E-state index contributed by atoms with van der Waals surface area (Å²) in [6.07, 6.45) is 1.48. The molecule has 0 saturated heterocycles. The summed E-state index contributed by atoms with van der Waals surface area (Å²) in [6, 6.07) is 11.1. The molecule has 3 rings (SSSR count). The van der Waals surface area contributed by atoms with Crippen LogP contribution in [0.3, 0.4) is 0 Å². The number of hydrogen-bond acceptors (Lipinski definition) is 3. The molecule has 21 heavy (non-hydrogen) atoms. The Morgan fingerprint density at radius 2 is 1.81 bits per heavy atom. The van der Waals surface area contributed by atoms with Gasteiger partial charge in [0, 0.05) is 6.54 Å². The number of imidazole rings is 1. The van der Waals surface area contributed by atoms with Gasteiger partial charge in [0.25, 0.3) is 0 Å². The van der Waals surface area contributed by atoms with Gasteiger partial charge in [-0.2, -0.15) is 0 Å². The minimum Gasteiger partial charge on any atom is -1.00 e. The minimum absolute atomic E-state index is 0. The third-order valence-corrected chi connectivity index (χ3v) is 3.39. The van der Waals surface area contributed by atoms with Crippen LogP contribution in [0.1, 0.15) is 17.5 Å². The number of aryl methyl sites for hydroxylation is 1. The van der Waals surface area contributed by atoms with Gasteiger partial charge >= 0.3 is 0 Å². The SMILES string of the molecule is CCn1c(=N)n(CC(=O)c2ccco2)c2ccccc21.[Br-]. The Morgan fingerprint density at radius 3 is 2.38 bits per heavy atom. The number of Topliss-reactive ketones (excluding diaryl/α,β-unsaturated/α-hetero) is 1. The highest BCUT2D eigenvalue weighted by Gasteiger charge is 2.15. The molecule has 0 atom stereocenters. The van der Waals surface area contributed by atoms with Crippen molar-refractivity contribution >= 4 is 16.8 Å². The third-order valence-electron chi connectivity index (χ3n) is 3.39. The molecule has 2 heterocycles. The summed E-state index contributed by atoms with van der Waals surface area (Å²) in [6.45, 7) is 2.80. The Kier molecular flexibility index (Phi) is 4.47. The Balaban J connectivity index is 0.00000161. The molecule has 0 aliphatic heterocycles. The molecule has 0 bridgehead atoms. The summed E-state index contributed by atoms with van der Waals surface area (Å²) < 4.78 is 8.71. The maximum Gasteiger partial charge on any atom is 0.217 e. The molecule has 0 saturated carbocycles. The quantitative estimate of drug-likeness (QED) is 0.641. The number of furan rings is 1. The summed E-state index contributed by atoms with van der Waals surface area (Å²) >= 11 is 0. The number of para-hydroxylation sites is 2. The normalized spacial score (nSPS) is 10.5. The molecule has 0 aliphatic rings. The minimum atomic E-state index is -0.132. The highest BCUT2D eigenvalue weighted by Crippen LogP contribution is 2.13. The van der Waals surface area contributed by atoms with Crippen LogP contribution in [-0.2, 0) is 13.1 Å². The smallest absolute Gasteiger partial charge is 0.217 e. The van der Waals surface area contributed by atoms with Crippen LogP contribution >= 0.6 is 0 Å². The summed E-state index contributed by atoms with van der Waals surface area (Å²) in [5.41, 5.74) is 2.18. The number of aromatic nitrogens is 2. The predicted octanol–water partition coefficient (Wildman–Crippen LogP) is -0.578. The Hall–Kier alpha value is -2.08. The highest BCUT2D eigenvalue weighted by molar-refractivity contribution is 5.94. The second-order valence-corrected chi connectivity index (χ2v) is 4.54. The van der Waals surface area contributed by atoms with Gasteiger partial charge in [0.15, 0.2) is 5.76 Å². The van der Waals surface area contributed by atoms with Crippen LogP contribution in [0.4, 0.5) is 0 Å². The van der Waals surface area contributed by atoms with Gasteiger partial charge in [-0.3, -0.25) is 10.2 Å². The lowest BCUT2D eigenvalue weighted by Crippen LogP contribution is -3.00. The van der Waals surface area contributed by atoms with E-state index in [1.165, 1.54) is 6.26 Å². The van der Waals surface area contributed by atoms with E-state index >= 15 is 0 Å². The topological polar surface area (TPSA) is 63.9 Å². The van der Waals surface area contributed by atoms with E-state index in [4.69, 9.17) is 9.83 Å². The van der Waals surface area contributed by atoms with Crippen LogP contribution in [0.25, 0.3) is 11.0 Å². The summed E-state index contributed by atoms with van der Waals surface area (Å²) in [4.78, 5) is 12.2. The van der Waals surface area contributed by atoms with E-state index in [9.17, 15) is 4.79 Å². The Labute approximate surface area is 132 Å². The van der Waals surface area contributed by atoms with Crippen molar-refractivity contribution in [3.05, 3.63) is 54.0 Å². The fourth-order valence-corrected chi connectivity index (χ4v) is 2.43. The summed E-state index contributed by atoms with van der Waals surface area (Å²) in [5.74, 6) is 0.192. The van der Waals surface area contributed by atoms with E-state index < -0.39 is 0 Å². The lowest BCUT2D eigenvalue weighted by atomic mass is 10.3. The number of fused-ring (bicyclic) bond motifs is 1. The molecule has 0 radical (unpaired) electrons. The third kappa shape index (κ3) is 2.58. The molecule has 0 unspecified atom stereocenters. The van der Waals surface area contributed by atoms with Crippen molar-refractivity contribution in [2.24, 2.45) is 0 Å². The zero-order valence-electron chi connectivity index (χ0n) is 11.5. The van der Waals surface area contributed by atoms with E-state index in [0.29, 0.717) is 17.9 Å². The Bertz CT molecular complexity index is 815. The molecule has 2 aromatic heterocycles. The second-order valence-electron chi connectivity index (χ2n) is 4.54. The van der Waals surface area contributed by atoms with Crippen molar-refractivity contribution < 1.29 is 26.2 Å². The number of benzene rings is 1. The molecule has 0 aliphatic carbocycles. The lowest BCUT2D eigenvalue weighted by Gasteiger charge is -2.01. The monoisotopic (exact) mass is 348 g/mol. The number of halogens is 1. The van der Waals surface area contributed by atoms with Crippen molar-refractivity contribution in [2.75, 3.05) is 0 Å². The first-order valence-electron chi connectivity index (χ1n) is 6.51. The first kappa shape index (κ1) is 15.3. The number of carbonyl (C=O) groups excluding carboxylic acids is 1. The van der Waals surface area contributed by atoms with Gasteiger partial charge in [-0.25, -0.2) is 0 Å². The van der Waals surface area contributed by atoms with Gasteiger partial charge < -0.3 is 30.5 Å². The van der Waals surface area contributed by atoms with Crippen LogP contribution in [0, 0.1) is 5.41 Å². The standard InChI is InChI=1S/C15H15N3O2.BrH/c1-2-17-11-6-3-4-7-12(11)18(15(17)16)10-13(19)14-8-5-9-20-14;/h3-9,16H,2,10H2,1H3;1H/p-1. The van der Waals surface area contributed by atoms with Crippen LogP contribution in [0.2, 0.25) is 0 Å². The van der Waals surface area contributed by atoms with Crippen molar-refractivity contribution in [3.63, 3.8) is 0 Å². The molecule has 0 spiro atoms. The molecule has 1 N–H and O–H groups in total. The van der Waals surface area contributed by atoms with Crippen LogP contribution < -0.4 is 22.6 Å². The molecular formula is C15H15BrN3O2-. The number of nitrogens with zero attached hydrogens (tertiary/aromatic N) is 2. The number of carbonyl (C=O) groups is 1. The van der Waals surface area contributed by atoms with Crippen LogP contribution in [0.5, 0.6) is 0 Å². The van der Waals surface area contributed by atoms with Gasteiger partial charge in [0.2, 0.25) is 11.4 Å². The van der Waals surface area contributed by atoms with E-state index in [1.807, 2.05) is 35.8 Å². The van der Waals surface area contributed by atoms with E-state index in [2.05, 4.69) is 0 Å².